The van der Waals surface area contributed by atoms with E-state index in [1.807, 2.05) is 0 Å². The predicted molar refractivity (Wildman–Crippen MR) is 40.4 cm³/mol. The van der Waals surface area contributed by atoms with Gasteiger partial charge < -0.3 is 4.74 Å². The molecular formula is C9H8O. The molecular weight excluding hydrogens is 124 g/mol. The van der Waals surface area contributed by atoms with Gasteiger partial charge in [0.1, 0.15) is 5.76 Å². The highest BCUT2D eigenvalue weighted by atomic mass is 16.5. The fraction of sp³-hybridized carbons (Fsp3) is 0.111. The van der Waals surface area contributed by atoms with Crippen LogP contribution in [0, 0.1) is 0 Å². The molecule has 1 nitrogen and oxygen atoms in total. The number of hydrogen-bond donors (Lipinski definition) is 0. The van der Waals surface area contributed by atoms with Gasteiger partial charge in [0.2, 0.25) is 0 Å². The quantitative estimate of drug-likeness (QED) is 0.317. The Labute approximate surface area is 60.6 Å². The van der Waals surface area contributed by atoms with E-state index < -0.39 is 0 Å². The number of rotatable bonds is 2. The average molecular weight is 132 g/mol. The van der Waals surface area contributed by atoms with E-state index in [1.54, 1.807) is 6.08 Å². The van der Waals surface area contributed by atoms with Gasteiger partial charge in [-0.15, -0.1) is 0 Å². The Morgan fingerprint density at radius 2 is 2.20 bits per heavy atom. The van der Waals surface area contributed by atoms with Gasteiger partial charge >= 0.3 is 0 Å². The first kappa shape index (κ1) is 8.40. The molecule has 0 bridgehead atoms. The zero-order valence-corrected chi connectivity index (χ0v) is 5.90. The van der Waals surface area contributed by atoms with Crippen molar-refractivity contribution in [3.8, 4) is 0 Å². The zero-order valence-electron chi connectivity index (χ0n) is 5.90. The van der Waals surface area contributed by atoms with Crippen LogP contribution >= 0.6 is 0 Å². The van der Waals surface area contributed by atoms with Gasteiger partial charge in [-0.2, -0.15) is 0 Å². The van der Waals surface area contributed by atoms with Crippen molar-refractivity contribution in [2.24, 2.45) is 0 Å². The van der Waals surface area contributed by atoms with Crippen molar-refractivity contribution in [3.05, 3.63) is 47.9 Å². The second-order valence-corrected chi connectivity index (χ2v) is 1.39. The van der Waals surface area contributed by atoms with Gasteiger partial charge in [0.15, 0.2) is 0 Å². The molecule has 0 amide bonds. The highest BCUT2D eigenvalue weighted by Gasteiger charge is 1.74. The van der Waals surface area contributed by atoms with Crippen LogP contribution in [-0.2, 0) is 4.74 Å². The van der Waals surface area contributed by atoms with E-state index in [-0.39, 0.29) is 0 Å². The van der Waals surface area contributed by atoms with Gasteiger partial charge in [0.25, 0.3) is 0 Å². The predicted octanol–water partition coefficient (Wildman–Crippen LogP) is 1.95. The summed E-state index contributed by atoms with van der Waals surface area (Å²) in [5.41, 5.74) is 10.0. The van der Waals surface area contributed by atoms with Crippen LogP contribution in [0.4, 0.5) is 0 Å². The van der Waals surface area contributed by atoms with E-state index in [0.717, 1.165) is 0 Å². The van der Waals surface area contributed by atoms with Crippen LogP contribution in [0.1, 0.15) is 0 Å². The average Bonchev–Trinajstić information content (AvgIpc) is 1.98. The van der Waals surface area contributed by atoms with E-state index in [0.29, 0.717) is 5.76 Å². The van der Waals surface area contributed by atoms with E-state index >= 15 is 0 Å². The molecule has 0 atom stereocenters. The third-order valence-corrected chi connectivity index (χ3v) is 0.718. The maximum atomic E-state index is 4.71. The second-order valence-electron chi connectivity index (χ2n) is 1.39. The van der Waals surface area contributed by atoms with Crippen molar-refractivity contribution in [2.45, 2.75) is 0 Å². The lowest BCUT2D eigenvalue weighted by molar-refractivity contribution is 0.309. The summed E-state index contributed by atoms with van der Waals surface area (Å²) in [7, 11) is 1.54. The summed E-state index contributed by atoms with van der Waals surface area (Å²) >= 11 is 0. The van der Waals surface area contributed by atoms with Gasteiger partial charge in [-0.05, 0) is 18.0 Å². The molecule has 0 rings (SSSR count). The highest BCUT2D eigenvalue weighted by molar-refractivity contribution is 5.05. The third kappa shape index (κ3) is 4.56. The molecule has 0 aliphatic rings. The molecule has 0 heterocycles. The lowest BCUT2D eigenvalue weighted by atomic mass is 10.5. The van der Waals surface area contributed by atoms with Gasteiger partial charge in [-0.3, -0.25) is 0 Å². The van der Waals surface area contributed by atoms with Crippen LogP contribution in [0.25, 0.3) is 0 Å². The summed E-state index contributed by atoms with van der Waals surface area (Å²) < 4.78 is 4.71. The van der Waals surface area contributed by atoms with Crippen molar-refractivity contribution < 1.29 is 4.74 Å². The van der Waals surface area contributed by atoms with Gasteiger partial charge in [-0.1, -0.05) is 18.0 Å². The van der Waals surface area contributed by atoms with Crippen LogP contribution in [0.2, 0.25) is 0 Å². The zero-order chi connectivity index (χ0) is 7.82. The summed E-state index contributed by atoms with van der Waals surface area (Å²) in [5, 5.41) is 0. The maximum Gasteiger partial charge on any atom is 0.120 e. The Kier molecular flexibility index (Phi) is 4.65. The maximum absolute atomic E-state index is 4.71. The molecule has 0 aromatic heterocycles. The molecule has 0 spiro atoms. The molecule has 1 heteroatoms. The summed E-state index contributed by atoms with van der Waals surface area (Å²) in [6.07, 6.45) is 1.55. The number of methoxy groups -OCH3 is 1. The largest absolute Gasteiger partial charge is 0.497 e. The molecule has 0 aromatic rings. The van der Waals surface area contributed by atoms with Crippen molar-refractivity contribution in [1.29, 1.82) is 0 Å². The first-order valence-electron chi connectivity index (χ1n) is 2.65. The van der Waals surface area contributed by atoms with E-state index in [1.165, 1.54) is 7.11 Å². The van der Waals surface area contributed by atoms with Crippen LogP contribution in [0.15, 0.2) is 47.9 Å². The molecule has 0 aromatic carbocycles. The lowest BCUT2D eigenvalue weighted by Crippen LogP contribution is -1.73. The van der Waals surface area contributed by atoms with Crippen LogP contribution < -0.4 is 0 Å². The normalized spacial score (nSPS) is 5.70. The third-order valence-electron chi connectivity index (χ3n) is 0.718. The summed E-state index contributed by atoms with van der Waals surface area (Å²) in [6.45, 7) is 6.82. The minimum absolute atomic E-state index is 0.526. The number of allylic oxidation sites excluding steroid dienone is 1. The minimum Gasteiger partial charge on any atom is -0.497 e. The van der Waals surface area contributed by atoms with Crippen LogP contribution in [0.5, 0.6) is 0 Å². The minimum atomic E-state index is 0.526. The molecule has 50 valence electrons. The standard InChI is InChI=1S/C9H8O/c1-4-5-6-7-8-9(2)10-3/h8H,1-2H2,3H3. The van der Waals surface area contributed by atoms with E-state index in [9.17, 15) is 0 Å². The molecule has 0 aliphatic carbocycles. The Hall–Kier alpha value is -1.60. The van der Waals surface area contributed by atoms with E-state index in [2.05, 4.69) is 36.1 Å². The molecule has 10 heavy (non-hydrogen) atoms. The van der Waals surface area contributed by atoms with Crippen molar-refractivity contribution >= 4 is 0 Å². The second kappa shape index (κ2) is 5.54. The fourth-order valence-electron chi connectivity index (χ4n) is 0.256. The summed E-state index contributed by atoms with van der Waals surface area (Å²) in [4.78, 5) is 0. The smallest absolute Gasteiger partial charge is 0.120 e. The molecule has 0 aliphatic heterocycles. The number of ether oxygens (including phenoxy) is 1. The SMILES string of the molecule is C=C=C=C=C=CC(=C)OC. The van der Waals surface area contributed by atoms with Gasteiger partial charge in [0, 0.05) is 6.08 Å². The monoisotopic (exact) mass is 132 g/mol. The first-order chi connectivity index (χ1) is 4.81. The van der Waals surface area contributed by atoms with Crippen molar-refractivity contribution in [2.75, 3.05) is 7.11 Å². The Morgan fingerprint density at radius 1 is 1.50 bits per heavy atom. The van der Waals surface area contributed by atoms with Crippen molar-refractivity contribution in [3.63, 3.8) is 0 Å². The fourth-order valence-corrected chi connectivity index (χ4v) is 0.256. The Morgan fingerprint density at radius 3 is 2.70 bits per heavy atom. The molecule has 0 fully saturated rings. The highest BCUT2D eigenvalue weighted by Crippen LogP contribution is 1.88. The molecule has 0 radical (unpaired) electrons. The molecule has 0 N–H and O–H groups in total. The summed E-state index contributed by atoms with van der Waals surface area (Å²) in [5.74, 6) is 0.526. The number of hydrogen-bond acceptors (Lipinski definition) is 1. The van der Waals surface area contributed by atoms with Gasteiger partial charge in [-0.25, -0.2) is 0 Å². The Balaban J connectivity index is 4.40. The molecule has 0 saturated carbocycles. The lowest BCUT2D eigenvalue weighted by Gasteiger charge is -1.90. The van der Waals surface area contributed by atoms with Crippen molar-refractivity contribution in [1.82, 2.24) is 0 Å². The first-order valence-corrected chi connectivity index (χ1v) is 2.65. The Bertz CT molecular complexity index is 261. The summed E-state index contributed by atoms with van der Waals surface area (Å²) in [6, 6.07) is 0. The van der Waals surface area contributed by atoms with Crippen LogP contribution in [0.3, 0.4) is 0 Å². The topological polar surface area (TPSA) is 9.23 Å². The molecule has 0 saturated heterocycles. The van der Waals surface area contributed by atoms with Gasteiger partial charge in [0.05, 0.1) is 7.11 Å². The van der Waals surface area contributed by atoms with Crippen LogP contribution in [-0.4, -0.2) is 7.11 Å². The molecule has 0 unspecified atom stereocenters. The van der Waals surface area contributed by atoms with E-state index in [4.69, 9.17) is 4.74 Å².